The standard InChI is InChI=1S/C21H33N3O2/c1-2-9-22-21(25)24-10-7-19(8-11-24)16-18-3-5-20(6-4-18)17-23-12-14-26-15-13-23/h3-6,19H,2,7-17H2,1H3,(H,22,25). The number of hydrogen-bond donors (Lipinski definition) is 1. The second-order valence-corrected chi connectivity index (χ2v) is 7.57. The first-order chi connectivity index (χ1) is 12.7. The number of carbonyl (C=O) groups excluding carboxylic acids is 1. The first kappa shape index (κ1) is 19.2. The van der Waals surface area contributed by atoms with Crippen LogP contribution < -0.4 is 5.32 Å². The molecule has 1 aromatic carbocycles. The summed E-state index contributed by atoms with van der Waals surface area (Å²) in [5, 5.41) is 2.98. The lowest BCUT2D eigenvalue weighted by Crippen LogP contribution is -2.44. The Labute approximate surface area is 157 Å². The number of nitrogens with zero attached hydrogens (tertiary/aromatic N) is 2. The van der Waals surface area contributed by atoms with Crippen LogP contribution in [0.5, 0.6) is 0 Å². The molecule has 26 heavy (non-hydrogen) atoms. The number of hydrogen-bond acceptors (Lipinski definition) is 3. The predicted octanol–water partition coefficient (Wildman–Crippen LogP) is 2.89. The van der Waals surface area contributed by atoms with Gasteiger partial charge in [-0.2, -0.15) is 0 Å². The van der Waals surface area contributed by atoms with Crippen molar-refractivity contribution in [3.63, 3.8) is 0 Å². The maximum atomic E-state index is 12.0. The van der Waals surface area contributed by atoms with Gasteiger partial charge in [-0.05, 0) is 42.7 Å². The summed E-state index contributed by atoms with van der Waals surface area (Å²) >= 11 is 0. The van der Waals surface area contributed by atoms with Crippen LogP contribution in [-0.2, 0) is 17.7 Å². The molecule has 0 aromatic heterocycles. The quantitative estimate of drug-likeness (QED) is 0.849. The zero-order chi connectivity index (χ0) is 18.2. The highest BCUT2D eigenvalue weighted by Gasteiger charge is 2.22. The fraction of sp³-hybridized carbons (Fsp3) is 0.667. The van der Waals surface area contributed by atoms with Crippen molar-refractivity contribution in [2.24, 2.45) is 5.92 Å². The van der Waals surface area contributed by atoms with Crippen molar-refractivity contribution >= 4 is 6.03 Å². The van der Waals surface area contributed by atoms with Crippen molar-refractivity contribution in [1.29, 1.82) is 0 Å². The molecule has 0 saturated carbocycles. The lowest BCUT2D eigenvalue weighted by Gasteiger charge is -2.32. The minimum atomic E-state index is 0.109. The third kappa shape index (κ3) is 5.71. The Hall–Kier alpha value is -1.59. The van der Waals surface area contributed by atoms with Gasteiger partial charge < -0.3 is 15.0 Å². The Morgan fingerprint density at radius 1 is 1.08 bits per heavy atom. The second-order valence-electron chi connectivity index (χ2n) is 7.57. The molecule has 0 spiro atoms. The highest BCUT2D eigenvalue weighted by molar-refractivity contribution is 5.74. The van der Waals surface area contributed by atoms with Gasteiger partial charge >= 0.3 is 6.03 Å². The monoisotopic (exact) mass is 359 g/mol. The maximum absolute atomic E-state index is 12.0. The molecule has 144 valence electrons. The fourth-order valence-corrected chi connectivity index (χ4v) is 3.82. The summed E-state index contributed by atoms with van der Waals surface area (Å²) in [6.07, 6.45) is 4.33. The molecule has 1 aromatic rings. The number of urea groups is 1. The Balaban J connectivity index is 1.41. The summed E-state index contributed by atoms with van der Waals surface area (Å²) in [5.74, 6) is 0.690. The molecule has 2 aliphatic heterocycles. The van der Waals surface area contributed by atoms with E-state index in [9.17, 15) is 4.79 Å². The zero-order valence-electron chi connectivity index (χ0n) is 16.1. The number of piperidine rings is 1. The molecule has 2 heterocycles. The summed E-state index contributed by atoms with van der Waals surface area (Å²) in [7, 11) is 0. The molecule has 0 radical (unpaired) electrons. The number of benzene rings is 1. The van der Waals surface area contributed by atoms with E-state index in [0.717, 1.165) is 78.2 Å². The fourth-order valence-electron chi connectivity index (χ4n) is 3.82. The number of carbonyl (C=O) groups is 1. The summed E-state index contributed by atoms with van der Waals surface area (Å²) in [6.45, 7) is 9.42. The van der Waals surface area contributed by atoms with Gasteiger partial charge in [0.15, 0.2) is 0 Å². The van der Waals surface area contributed by atoms with Crippen molar-refractivity contribution in [2.45, 2.75) is 39.2 Å². The topological polar surface area (TPSA) is 44.8 Å². The van der Waals surface area contributed by atoms with Crippen molar-refractivity contribution in [3.05, 3.63) is 35.4 Å². The van der Waals surface area contributed by atoms with E-state index in [1.165, 1.54) is 11.1 Å². The first-order valence-electron chi connectivity index (χ1n) is 10.2. The second kappa shape index (κ2) is 9.93. The van der Waals surface area contributed by atoms with Crippen LogP contribution in [0.4, 0.5) is 4.79 Å². The molecule has 5 heteroatoms. The van der Waals surface area contributed by atoms with Gasteiger partial charge in [-0.1, -0.05) is 31.2 Å². The number of nitrogens with one attached hydrogen (secondary N) is 1. The summed E-state index contributed by atoms with van der Waals surface area (Å²) < 4.78 is 5.41. The minimum Gasteiger partial charge on any atom is -0.379 e. The third-order valence-corrected chi connectivity index (χ3v) is 5.49. The zero-order valence-corrected chi connectivity index (χ0v) is 16.1. The van der Waals surface area contributed by atoms with Gasteiger partial charge in [0.25, 0.3) is 0 Å². The molecule has 0 aliphatic carbocycles. The van der Waals surface area contributed by atoms with E-state index in [0.29, 0.717) is 5.92 Å². The molecule has 0 unspecified atom stereocenters. The van der Waals surface area contributed by atoms with Crippen LogP contribution in [0.2, 0.25) is 0 Å². The SMILES string of the molecule is CCCNC(=O)N1CCC(Cc2ccc(CN3CCOCC3)cc2)CC1. The van der Waals surface area contributed by atoms with Crippen LogP contribution >= 0.6 is 0 Å². The molecule has 2 amide bonds. The van der Waals surface area contributed by atoms with E-state index in [1.54, 1.807) is 0 Å². The molecule has 1 N–H and O–H groups in total. The van der Waals surface area contributed by atoms with Crippen LogP contribution in [0.3, 0.4) is 0 Å². The van der Waals surface area contributed by atoms with Crippen molar-refractivity contribution in [3.8, 4) is 0 Å². The van der Waals surface area contributed by atoms with E-state index in [-0.39, 0.29) is 6.03 Å². The van der Waals surface area contributed by atoms with Gasteiger partial charge in [0.2, 0.25) is 0 Å². The summed E-state index contributed by atoms with van der Waals surface area (Å²) in [5.41, 5.74) is 2.81. The Bertz CT molecular complexity index is 547. The van der Waals surface area contributed by atoms with Gasteiger partial charge in [-0.3, -0.25) is 4.90 Å². The van der Waals surface area contributed by atoms with Crippen molar-refractivity contribution in [1.82, 2.24) is 15.1 Å². The molecule has 0 atom stereocenters. The highest BCUT2D eigenvalue weighted by Crippen LogP contribution is 2.22. The van der Waals surface area contributed by atoms with Gasteiger partial charge in [0, 0.05) is 39.3 Å². The highest BCUT2D eigenvalue weighted by atomic mass is 16.5. The molecule has 2 aliphatic rings. The van der Waals surface area contributed by atoms with Crippen molar-refractivity contribution in [2.75, 3.05) is 45.9 Å². The average Bonchev–Trinajstić information content (AvgIpc) is 2.69. The Morgan fingerprint density at radius 2 is 1.73 bits per heavy atom. The average molecular weight is 360 g/mol. The van der Waals surface area contributed by atoms with Gasteiger partial charge in [0.05, 0.1) is 13.2 Å². The minimum absolute atomic E-state index is 0.109. The Morgan fingerprint density at radius 3 is 2.38 bits per heavy atom. The molecule has 0 bridgehead atoms. The van der Waals surface area contributed by atoms with Gasteiger partial charge in [-0.25, -0.2) is 4.79 Å². The molecule has 5 nitrogen and oxygen atoms in total. The third-order valence-electron chi connectivity index (χ3n) is 5.49. The molecular formula is C21H33N3O2. The van der Waals surface area contributed by atoms with Gasteiger partial charge in [0.1, 0.15) is 0 Å². The predicted molar refractivity (Wildman–Crippen MR) is 104 cm³/mol. The number of ether oxygens (including phenoxy) is 1. The first-order valence-corrected chi connectivity index (χ1v) is 10.2. The number of rotatable bonds is 6. The van der Waals surface area contributed by atoms with E-state index in [2.05, 4.69) is 41.4 Å². The smallest absolute Gasteiger partial charge is 0.317 e. The maximum Gasteiger partial charge on any atom is 0.317 e. The number of likely N-dealkylation sites (tertiary alicyclic amines) is 1. The normalized spacial score (nSPS) is 19.5. The van der Waals surface area contributed by atoms with E-state index in [4.69, 9.17) is 4.74 Å². The number of amides is 2. The number of morpholine rings is 1. The molecular weight excluding hydrogens is 326 g/mol. The molecule has 2 fully saturated rings. The van der Waals surface area contributed by atoms with E-state index in [1.807, 2.05) is 4.90 Å². The lowest BCUT2D eigenvalue weighted by molar-refractivity contribution is 0.0342. The van der Waals surface area contributed by atoms with Crippen LogP contribution in [0.15, 0.2) is 24.3 Å². The summed E-state index contributed by atoms with van der Waals surface area (Å²) in [6, 6.07) is 9.24. The van der Waals surface area contributed by atoms with E-state index < -0.39 is 0 Å². The molecule has 3 rings (SSSR count). The lowest BCUT2D eigenvalue weighted by atomic mass is 9.90. The van der Waals surface area contributed by atoms with Crippen molar-refractivity contribution < 1.29 is 9.53 Å². The Kier molecular flexibility index (Phi) is 7.32. The van der Waals surface area contributed by atoms with Crippen LogP contribution in [-0.4, -0.2) is 61.8 Å². The largest absolute Gasteiger partial charge is 0.379 e. The van der Waals surface area contributed by atoms with Crippen LogP contribution in [0.25, 0.3) is 0 Å². The van der Waals surface area contributed by atoms with Gasteiger partial charge in [-0.15, -0.1) is 0 Å². The van der Waals surface area contributed by atoms with Crippen LogP contribution in [0.1, 0.15) is 37.3 Å². The van der Waals surface area contributed by atoms with E-state index >= 15 is 0 Å². The molecule has 2 saturated heterocycles. The van der Waals surface area contributed by atoms with Crippen LogP contribution in [0, 0.1) is 5.92 Å². The summed E-state index contributed by atoms with van der Waals surface area (Å²) in [4.78, 5) is 16.5.